The molecule has 0 spiro atoms. The molecule has 0 N–H and O–H groups in total. The quantitative estimate of drug-likeness (QED) is 0.175. The van der Waals surface area contributed by atoms with E-state index in [-0.39, 0.29) is 17.1 Å². The van der Waals surface area contributed by atoms with E-state index in [1.165, 1.54) is 46.9 Å². The minimum Gasteiger partial charge on any atom is -0.113 e. The Labute approximate surface area is 201 Å². The van der Waals surface area contributed by atoms with Gasteiger partial charge in [0, 0.05) is 17.1 Å². The van der Waals surface area contributed by atoms with Gasteiger partial charge >= 0.3 is 0 Å². The number of hydrogen-bond donors (Lipinski definition) is 0. The zero-order valence-corrected chi connectivity index (χ0v) is 20.8. The third-order valence-electron chi connectivity index (χ3n) is 4.69. The van der Waals surface area contributed by atoms with Gasteiger partial charge in [0.1, 0.15) is 0 Å². The molecule has 0 saturated heterocycles. The maximum absolute atomic E-state index is 2.21. The second kappa shape index (κ2) is 16.0. The van der Waals surface area contributed by atoms with Gasteiger partial charge in [-0.2, -0.15) is 0 Å². The summed E-state index contributed by atoms with van der Waals surface area (Å²) in [5.41, 5.74) is 5.80. The first kappa shape index (κ1) is 25.5. The Bertz CT molecular complexity index is 770. The first-order chi connectivity index (χ1) is 14.9. The van der Waals surface area contributed by atoms with E-state index in [4.69, 9.17) is 0 Å². The van der Waals surface area contributed by atoms with Gasteiger partial charge in [0.25, 0.3) is 0 Å². The van der Waals surface area contributed by atoms with Crippen LogP contribution in [0.3, 0.4) is 0 Å². The van der Waals surface area contributed by atoms with Gasteiger partial charge in [-0.15, -0.1) is 17.2 Å². The van der Waals surface area contributed by atoms with E-state index >= 15 is 0 Å². The number of benzene rings is 4. The normalized spacial score (nSPS) is 9.81. The van der Waals surface area contributed by atoms with Crippen LogP contribution in [-0.2, 0) is 41.7 Å². The van der Waals surface area contributed by atoms with Crippen molar-refractivity contribution in [1.82, 2.24) is 0 Å². The molecule has 3 heteroatoms. The predicted octanol–water partition coefficient (Wildman–Crippen LogP) is 8.13. The van der Waals surface area contributed by atoms with Crippen molar-refractivity contribution in [3.05, 3.63) is 144 Å². The van der Waals surface area contributed by atoms with E-state index in [0.29, 0.717) is 0 Å². The van der Waals surface area contributed by atoms with Crippen LogP contribution in [0.25, 0.3) is 0 Å². The second-order valence-electron chi connectivity index (χ2n) is 7.15. The molecular weight excluding hydrogens is 454 g/mol. The minimum atomic E-state index is 0. The van der Waals surface area contributed by atoms with E-state index in [1.807, 2.05) is 0 Å². The van der Waals surface area contributed by atoms with Gasteiger partial charge in [0.2, 0.25) is 0 Å². The van der Waals surface area contributed by atoms with Crippen LogP contribution in [0.15, 0.2) is 121 Å². The topological polar surface area (TPSA) is 0 Å². The first-order valence-corrected chi connectivity index (χ1v) is 13.3. The molecule has 4 aromatic rings. The molecule has 0 unspecified atom stereocenters. The van der Waals surface area contributed by atoms with E-state index in [2.05, 4.69) is 121 Å². The Morgan fingerprint density at radius 3 is 0.710 bits per heavy atom. The van der Waals surface area contributed by atoms with Crippen molar-refractivity contribution in [3.63, 3.8) is 0 Å². The summed E-state index contributed by atoms with van der Waals surface area (Å²) in [6.45, 7) is 0. The molecule has 0 bridgehead atoms. The molecule has 0 heterocycles. The Kier molecular flexibility index (Phi) is 13.1. The fourth-order valence-electron chi connectivity index (χ4n) is 3.09. The molecule has 0 aromatic heterocycles. The third-order valence-corrected chi connectivity index (χ3v) is 7.32. The summed E-state index contributed by atoms with van der Waals surface area (Å²) in [7, 11) is 1.97. The summed E-state index contributed by atoms with van der Waals surface area (Å²) in [5.74, 6) is 0. The minimum absolute atomic E-state index is 0. The van der Waals surface area contributed by atoms with Crippen LogP contribution in [-0.4, -0.2) is 0 Å². The molecule has 4 rings (SSSR count). The van der Waals surface area contributed by atoms with Crippen LogP contribution < -0.4 is 0 Å². The summed E-state index contributed by atoms with van der Waals surface area (Å²) >= 11 is 0. The fraction of sp³-hybridized carbons (Fsp3) is 0.143. The van der Waals surface area contributed by atoms with Crippen LogP contribution in [0.4, 0.5) is 0 Å². The smallest absolute Gasteiger partial charge is 0 e. The van der Waals surface area contributed by atoms with Gasteiger partial charge in [-0.3, -0.25) is 0 Å². The molecule has 4 aromatic carbocycles. The van der Waals surface area contributed by atoms with Crippen molar-refractivity contribution >= 4 is 17.2 Å². The van der Waals surface area contributed by atoms with Crippen LogP contribution >= 0.6 is 17.2 Å². The van der Waals surface area contributed by atoms with Crippen LogP contribution in [0, 0.1) is 0 Å². The molecule has 0 amide bonds. The Morgan fingerprint density at radius 2 is 0.516 bits per heavy atom. The first-order valence-electron chi connectivity index (χ1n) is 10.5. The fourth-order valence-corrected chi connectivity index (χ4v) is 5.43. The molecule has 0 radical (unpaired) electrons. The molecular formula is C28H30FeP2. The van der Waals surface area contributed by atoms with Crippen LogP contribution in [0.1, 0.15) is 22.3 Å². The number of rotatable bonds is 8. The average molecular weight is 484 g/mol. The third kappa shape index (κ3) is 10.9. The van der Waals surface area contributed by atoms with Gasteiger partial charge in [-0.1, -0.05) is 121 Å². The van der Waals surface area contributed by atoms with Crippen LogP contribution in [0.2, 0.25) is 0 Å². The molecule has 0 fully saturated rings. The van der Waals surface area contributed by atoms with E-state index in [0.717, 1.165) is 17.2 Å². The zero-order valence-electron chi connectivity index (χ0n) is 17.7. The predicted molar refractivity (Wildman–Crippen MR) is 137 cm³/mol. The van der Waals surface area contributed by atoms with Crippen molar-refractivity contribution in [1.29, 1.82) is 0 Å². The maximum atomic E-state index is 2.21. The molecule has 0 aliphatic heterocycles. The molecule has 0 aliphatic carbocycles. The average Bonchev–Trinajstić information content (AvgIpc) is 2.82. The molecule has 0 atom stereocenters. The van der Waals surface area contributed by atoms with Gasteiger partial charge in [-0.25, -0.2) is 0 Å². The summed E-state index contributed by atoms with van der Waals surface area (Å²) < 4.78 is 0. The van der Waals surface area contributed by atoms with Gasteiger partial charge in [-0.05, 0) is 46.9 Å². The van der Waals surface area contributed by atoms with E-state index < -0.39 is 0 Å². The van der Waals surface area contributed by atoms with E-state index in [1.54, 1.807) is 0 Å². The maximum Gasteiger partial charge on any atom is 0 e. The van der Waals surface area contributed by atoms with Crippen molar-refractivity contribution in [2.24, 2.45) is 0 Å². The summed E-state index contributed by atoms with van der Waals surface area (Å²) in [5, 5.41) is 0. The van der Waals surface area contributed by atoms with Gasteiger partial charge in [0.15, 0.2) is 0 Å². The van der Waals surface area contributed by atoms with E-state index in [9.17, 15) is 0 Å². The Balaban J connectivity index is 0.000000213. The van der Waals surface area contributed by atoms with Gasteiger partial charge in [0.05, 0.1) is 0 Å². The molecule has 160 valence electrons. The van der Waals surface area contributed by atoms with Gasteiger partial charge < -0.3 is 0 Å². The van der Waals surface area contributed by atoms with Crippen molar-refractivity contribution in [2.75, 3.05) is 0 Å². The van der Waals surface area contributed by atoms with Crippen LogP contribution in [0.5, 0.6) is 0 Å². The largest absolute Gasteiger partial charge is 0.113 e. The van der Waals surface area contributed by atoms with Crippen molar-refractivity contribution in [3.8, 4) is 0 Å². The Hall–Kier alpha value is -1.74. The summed E-state index contributed by atoms with van der Waals surface area (Å²) in [6.07, 6.45) is 4.82. The molecule has 0 nitrogen and oxygen atoms in total. The zero-order chi connectivity index (χ0) is 20.7. The summed E-state index contributed by atoms with van der Waals surface area (Å²) in [4.78, 5) is 0. The molecule has 0 saturated carbocycles. The monoisotopic (exact) mass is 484 g/mol. The molecule has 31 heavy (non-hydrogen) atoms. The van der Waals surface area contributed by atoms with Crippen molar-refractivity contribution in [2.45, 2.75) is 24.6 Å². The molecule has 0 aliphatic rings. The number of hydrogen-bond acceptors (Lipinski definition) is 0. The summed E-state index contributed by atoms with van der Waals surface area (Å²) in [6, 6.07) is 42.9. The second-order valence-corrected chi connectivity index (χ2v) is 9.56. The standard InChI is InChI=1S/2C14H15P.Fe/c2*1-3-7-13(8-4-1)11-15-12-14-9-5-2-6-10-14;/h2*1-10,15H,11-12H2;. The SMILES string of the molecule is [Fe].c1ccc(CPCc2ccccc2)cc1.c1ccc(CPCc2ccccc2)cc1. The Morgan fingerprint density at radius 1 is 0.323 bits per heavy atom. The van der Waals surface area contributed by atoms with Crippen molar-refractivity contribution < 1.29 is 17.1 Å².